The number of hydrogen-bond acceptors (Lipinski definition) is 4. The van der Waals surface area contributed by atoms with Gasteiger partial charge in [0.25, 0.3) is 0 Å². The number of nitrogens with one attached hydrogen (secondary N) is 1. The molecule has 11 heteroatoms. The molecule has 0 aliphatic heterocycles. The summed E-state index contributed by atoms with van der Waals surface area (Å²) in [6.07, 6.45) is -8.60. The maximum atomic E-state index is 12.5. The topological polar surface area (TPSA) is 41.6 Å². The summed E-state index contributed by atoms with van der Waals surface area (Å²) in [5, 5.41) is -1.16. The predicted octanol–water partition coefficient (Wildman–Crippen LogP) is 4.30. The van der Waals surface area contributed by atoms with E-state index in [1.807, 2.05) is 4.98 Å². The molecule has 0 unspecified atom stereocenters. The van der Waals surface area contributed by atoms with Gasteiger partial charge in [0, 0.05) is 6.20 Å². The van der Waals surface area contributed by atoms with Crippen molar-refractivity contribution in [3.63, 3.8) is 0 Å². The molecule has 2 aromatic rings. The molecule has 108 valence electrons. The summed E-state index contributed by atoms with van der Waals surface area (Å²) in [7, 11) is 0. The van der Waals surface area contributed by atoms with Gasteiger partial charge in [0.2, 0.25) is 5.82 Å². The molecule has 2 heterocycles. The Morgan fingerprint density at radius 2 is 1.75 bits per heavy atom. The fourth-order valence-electron chi connectivity index (χ4n) is 1.25. The second kappa shape index (κ2) is 4.81. The van der Waals surface area contributed by atoms with E-state index in [-0.39, 0.29) is 26.5 Å². The van der Waals surface area contributed by atoms with Crippen molar-refractivity contribution >= 4 is 23.6 Å². The van der Waals surface area contributed by atoms with Gasteiger partial charge in [-0.25, -0.2) is 9.97 Å². The van der Waals surface area contributed by atoms with Crippen molar-refractivity contribution in [3.8, 4) is 10.6 Å². The van der Waals surface area contributed by atoms with Gasteiger partial charge in [0.15, 0.2) is 5.01 Å². The van der Waals surface area contributed by atoms with E-state index in [4.69, 9.17) is 0 Å². The number of thiazole rings is 1. The zero-order valence-corrected chi connectivity index (χ0v) is 10.8. The van der Waals surface area contributed by atoms with Gasteiger partial charge in [0.05, 0.1) is 10.6 Å². The minimum Gasteiger partial charge on any atom is -0.335 e. The maximum absolute atomic E-state index is 12.5. The van der Waals surface area contributed by atoms with Crippen molar-refractivity contribution in [3.05, 3.63) is 27.7 Å². The Balaban J connectivity index is 2.51. The van der Waals surface area contributed by atoms with Crippen LogP contribution < -0.4 is 0 Å². The highest BCUT2D eigenvalue weighted by Crippen LogP contribution is 2.36. The van der Waals surface area contributed by atoms with Gasteiger partial charge in [0.1, 0.15) is 4.64 Å². The molecular formula is C9H3F6N3S2. The molecule has 0 aliphatic carbocycles. The molecule has 0 radical (unpaired) electrons. The fraction of sp³-hybridized carbons (Fsp3) is 0.222. The predicted molar refractivity (Wildman–Crippen MR) is 60.5 cm³/mol. The smallest absolute Gasteiger partial charge is 0.335 e. The average Bonchev–Trinajstić information content (AvgIpc) is 2.75. The van der Waals surface area contributed by atoms with Gasteiger partial charge in [-0.15, -0.1) is 11.3 Å². The lowest BCUT2D eigenvalue weighted by Gasteiger charge is -2.07. The van der Waals surface area contributed by atoms with Crippen LogP contribution in [-0.2, 0) is 12.4 Å². The number of aromatic amines is 1. The van der Waals surface area contributed by atoms with Crippen molar-refractivity contribution in [1.82, 2.24) is 15.0 Å². The number of nitrogens with zero attached hydrogens (tertiary/aromatic N) is 2. The third-order valence-corrected chi connectivity index (χ3v) is 3.31. The maximum Gasteiger partial charge on any atom is 0.449 e. The number of alkyl halides is 6. The lowest BCUT2D eigenvalue weighted by Crippen LogP contribution is -2.11. The lowest BCUT2D eigenvalue weighted by molar-refractivity contribution is -0.145. The Labute approximate surface area is 116 Å². The van der Waals surface area contributed by atoms with E-state index in [2.05, 4.69) is 22.2 Å². The van der Waals surface area contributed by atoms with Crippen LogP contribution in [-0.4, -0.2) is 15.0 Å². The molecule has 0 amide bonds. The first-order chi connectivity index (χ1) is 9.07. The highest BCUT2D eigenvalue weighted by molar-refractivity contribution is 7.71. The van der Waals surface area contributed by atoms with Crippen LogP contribution in [0.3, 0.4) is 0 Å². The normalized spacial score (nSPS) is 12.7. The van der Waals surface area contributed by atoms with Gasteiger partial charge in [-0.1, -0.05) is 12.2 Å². The number of aromatic nitrogens is 3. The number of H-pyrrole nitrogens is 1. The van der Waals surface area contributed by atoms with Gasteiger partial charge < -0.3 is 4.98 Å². The summed E-state index contributed by atoms with van der Waals surface area (Å²) in [5.41, 5.74) is -0.217. The molecule has 0 fully saturated rings. The molecule has 0 saturated carbocycles. The zero-order valence-electron chi connectivity index (χ0n) is 9.13. The highest BCUT2D eigenvalue weighted by Gasteiger charge is 2.36. The molecule has 2 aromatic heterocycles. The van der Waals surface area contributed by atoms with E-state index in [1.54, 1.807) is 0 Å². The molecular weight excluding hydrogens is 328 g/mol. The first kappa shape index (κ1) is 14.9. The van der Waals surface area contributed by atoms with E-state index in [0.29, 0.717) is 0 Å². The molecule has 0 atom stereocenters. The van der Waals surface area contributed by atoms with Crippen molar-refractivity contribution in [1.29, 1.82) is 0 Å². The molecule has 0 bridgehead atoms. The largest absolute Gasteiger partial charge is 0.449 e. The minimum absolute atomic E-state index is 0.115. The summed E-state index contributed by atoms with van der Waals surface area (Å²) < 4.78 is 74.4. The van der Waals surface area contributed by atoms with Crippen molar-refractivity contribution < 1.29 is 26.3 Å². The minimum atomic E-state index is -4.78. The van der Waals surface area contributed by atoms with Crippen molar-refractivity contribution in [2.75, 3.05) is 0 Å². The Morgan fingerprint density at radius 3 is 2.25 bits per heavy atom. The van der Waals surface area contributed by atoms with Crippen LogP contribution in [0, 0.1) is 4.64 Å². The summed E-state index contributed by atoms with van der Waals surface area (Å²) >= 11 is 4.78. The van der Waals surface area contributed by atoms with Crippen LogP contribution >= 0.6 is 23.6 Å². The molecule has 20 heavy (non-hydrogen) atoms. The average molecular weight is 331 g/mol. The fourth-order valence-corrected chi connectivity index (χ4v) is 2.22. The summed E-state index contributed by atoms with van der Waals surface area (Å²) in [6.45, 7) is 0. The highest BCUT2D eigenvalue weighted by atomic mass is 32.1. The zero-order chi connectivity index (χ0) is 15.1. The number of halogens is 6. The molecule has 0 aromatic carbocycles. The molecule has 0 aliphatic rings. The van der Waals surface area contributed by atoms with Crippen LogP contribution in [0.4, 0.5) is 26.3 Å². The van der Waals surface area contributed by atoms with Crippen LogP contribution in [0.2, 0.25) is 0 Å². The lowest BCUT2D eigenvalue weighted by atomic mass is 10.3. The first-order valence-corrected chi connectivity index (χ1v) is 6.02. The van der Waals surface area contributed by atoms with Gasteiger partial charge >= 0.3 is 12.4 Å². The summed E-state index contributed by atoms with van der Waals surface area (Å²) in [4.78, 5) is 8.00. The van der Waals surface area contributed by atoms with Gasteiger partial charge in [-0.3, -0.25) is 0 Å². The van der Waals surface area contributed by atoms with Crippen molar-refractivity contribution in [2.24, 2.45) is 0 Å². The Bertz CT molecular complexity index is 684. The standard InChI is InChI=1S/C9H3F6N3S2/c10-8(11,12)6-17-3(1-5(19)18-6)4-2-16-7(20-4)9(13,14)15/h1-2H,(H,17,18,19). The monoisotopic (exact) mass is 331 g/mol. The third-order valence-electron chi connectivity index (χ3n) is 2.03. The van der Waals surface area contributed by atoms with E-state index >= 15 is 0 Å². The Kier molecular flexibility index (Phi) is 3.58. The summed E-state index contributed by atoms with van der Waals surface area (Å²) in [6, 6.07) is 1.04. The van der Waals surface area contributed by atoms with Crippen LogP contribution in [0.5, 0.6) is 0 Å². The van der Waals surface area contributed by atoms with Gasteiger partial charge in [-0.05, 0) is 6.07 Å². The quantitative estimate of drug-likeness (QED) is 0.626. The van der Waals surface area contributed by atoms with E-state index < -0.39 is 23.2 Å². The van der Waals surface area contributed by atoms with Crippen LogP contribution in [0.15, 0.2) is 12.3 Å². The number of rotatable bonds is 1. The first-order valence-electron chi connectivity index (χ1n) is 4.79. The van der Waals surface area contributed by atoms with E-state index in [1.165, 1.54) is 0 Å². The van der Waals surface area contributed by atoms with Crippen LogP contribution in [0.1, 0.15) is 10.8 Å². The van der Waals surface area contributed by atoms with Crippen LogP contribution in [0.25, 0.3) is 10.6 Å². The second-order valence-corrected chi connectivity index (χ2v) is 4.96. The van der Waals surface area contributed by atoms with E-state index in [0.717, 1.165) is 12.3 Å². The Hall–Kier alpha value is -1.49. The molecule has 1 N–H and O–H groups in total. The molecule has 0 spiro atoms. The van der Waals surface area contributed by atoms with Crippen molar-refractivity contribution in [2.45, 2.75) is 12.4 Å². The Morgan fingerprint density at radius 1 is 1.10 bits per heavy atom. The second-order valence-electron chi connectivity index (χ2n) is 3.51. The SMILES string of the molecule is FC(F)(F)c1nc(=S)cc(-c2cnc(C(F)(F)F)s2)[nH]1. The summed E-state index contributed by atoms with van der Waals surface area (Å²) in [5.74, 6) is -1.37. The van der Waals surface area contributed by atoms with E-state index in [9.17, 15) is 26.3 Å². The number of hydrogen-bond donors (Lipinski definition) is 1. The third kappa shape index (κ3) is 3.15. The van der Waals surface area contributed by atoms with Gasteiger partial charge in [-0.2, -0.15) is 26.3 Å². The molecule has 3 nitrogen and oxygen atoms in total. The molecule has 0 saturated heterocycles. The molecule has 2 rings (SSSR count).